The highest BCUT2D eigenvalue weighted by molar-refractivity contribution is 7.89. The Kier molecular flexibility index (Phi) is 6.13. The number of sulfonamides is 2. The Bertz CT molecular complexity index is 1110. The highest BCUT2D eigenvalue weighted by Crippen LogP contribution is 2.25. The second-order valence-corrected chi connectivity index (χ2v) is 11.0. The lowest BCUT2D eigenvalue weighted by molar-refractivity contribution is 0.404. The molecule has 160 valence electrons. The molecule has 0 amide bonds. The Balaban J connectivity index is 1.78. The van der Waals surface area contributed by atoms with Gasteiger partial charge in [0.2, 0.25) is 20.0 Å². The summed E-state index contributed by atoms with van der Waals surface area (Å²) in [5.74, 6) is -0.814. The largest absolute Gasteiger partial charge is 0.271 e. The molecule has 1 aromatic carbocycles. The van der Waals surface area contributed by atoms with Crippen molar-refractivity contribution in [3.05, 3.63) is 47.0 Å². The molecular formula is C18H25FN4O4S2. The molecule has 0 saturated carbocycles. The highest BCUT2D eigenvalue weighted by Gasteiger charge is 2.34. The van der Waals surface area contributed by atoms with Gasteiger partial charge in [0.25, 0.3) is 0 Å². The van der Waals surface area contributed by atoms with Crippen LogP contribution in [0, 0.1) is 19.7 Å². The zero-order chi connectivity index (χ0) is 21.4. The topological polar surface area (TPSA) is 92.6 Å². The highest BCUT2D eigenvalue weighted by atomic mass is 32.2. The number of hydrogen-bond acceptors (Lipinski definition) is 5. The summed E-state index contributed by atoms with van der Waals surface area (Å²) < 4.78 is 69.3. The normalized spacial score (nSPS) is 17.4. The van der Waals surface area contributed by atoms with E-state index in [-0.39, 0.29) is 36.8 Å². The Morgan fingerprint density at radius 2 is 1.69 bits per heavy atom. The maximum Gasteiger partial charge on any atom is 0.246 e. The molecular weight excluding hydrogens is 419 g/mol. The molecule has 1 aliphatic rings. The van der Waals surface area contributed by atoms with E-state index in [0.29, 0.717) is 23.4 Å². The summed E-state index contributed by atoms with van der Waals surface area (Å²) in [5, 5.41) is 4.18. The molecule has 1 aliphatic heterocycles. The Morgan fingerprint density at radius 3 is 2.31 bits per heavy atom. The lowest BCUT2D eigenvalue weighted by Gasteiger charge is -2.22. The maximum absolute atomic E-state index is 13.4. The minimum absolute atomic E-state index is 0.0508. The van der Waals surface area contributed by atoms with E-state index < -0.39 is 25.9 Å². The molecule has 11 heteroatoms. The first-order chi connectivity index (χ1) is 13.5. The number of aromatic nitrogens is 2. The summed E-state index contributed by atoms with van der Waals surface area (Å²) in [7, 11) is -5.79. The number of aryl methyl sites for hydroxylation is 2. The van der Waals surface area contributed by atoms with Crippen molar-refractivity contribution in [2.75, 3.05) is 26.2 Å². The third-order valence-corrected chi connectivity index (χ3v) is 9.09. The number of rotatable bonds is 5. The van der Waals surface area contributed by atoms with Gasteiger partial charge in [0.15, 0.2) is 0 Å². The van der Waals surface area contributed by atoms with Gasteiger partial charge in [-0.15, -0.1) is 0 Å². The van der Waals surface area contributed by atoms with E-state index in [9.17, 15) is 21.2 Å². The fourth-order valence-corrected chi connectivity index (χ4v) is 6.99. The zero-order valence-corrected chi connectivity index (χ0v) is 18.3. The van der Waals surface area contributed by atoms with Crippen LogP contribution in [-0.2, 0) is 32.8 Å². The molecule has 0 radical (unpaired) electrons. The van der Waals surface area contributed by atoms with Crippen LogP contribution in [0.15, 0.2) is 29.2 Å². The smallest absolute Gasteiger partial charge is 0.246 e. The van der Waals surface area contributed by atoms with Gasteiger partial charge in [0, 0.05) is 33.2 Å². The van der Waals surface area contributed by atoms with Gasteiger partial charge in [-0.2, -0.15) is 9.40 Å². The summed E-state index contributed by atoms with van der Waals surface area (Å²) in [6.45, 7) is 3.89. The van der Waals surface area contributed by atoms with Gasteiger partial charge >= 0.3 is 0 Å². The van der Waals surface area contributed by atoms with Crippen LogP contribution in [0.4, 0.5) is 4.39 Å². The van der Waals surface area contributed by atoms with Gasteiger partial charge in [-0.05, 0) is 38.0 Å². The molecule has 0 aliphatic carbocycles. The van der Waals surface area contributed by atoms with Gasteiger partial charge in [0.05, 0.1) is 17.1 Å². The summed E-state index contributed by atoms with van der Waals surface area (Å²) in [5.41, 5.74) is 1.33. The molecule has 8 nitrogen and oxygen atoms in total. The van der Waals surface area contributed by atoms with Crippen molar-refractivity contribution in [1.29, 1.82) is 0 Å². The SMILES string of the molecule is Cc1nn(C)c(C)c1S(=O)(=O)N1CCCN(S(=O)(=O)Cc2cccc(F)c2)CC1. The lowest BCUT2D eigenvalue weighted by atomic mass is 10.2. The van der Waals surface area contributed by atoms with Crippen molar-refractivity contribution < 1.29 is 21.2 Å². The molecule has 1 aromatic heterocycles. The Hall–Kier alpha value is -1.82. The number of halogens is 1. The molecule has 0 N–H and O–H groups in total. The second kappa shape index (κ2) is 8.13. The fourth-order valence-electron chi connectivity index (χ4n) is 3.57. The first-order valence-electron chi connectivity index (χ1n) is 9.25. The van der Waals surface area contributed by atoms with Gasteiger partial charge in [-0.25, -0.2) is 25.5 Å². The Labute approximate surface area is 171 Å². The standard InChI is InChI=1S/C18H25FN4O4S2/c1-14-18(15(2)21(3)20-14)29(26,27)23-9-5-8-22(10-11-23)28(24,25)13-16-6-4-7-17(19)12-16/h4,6-7,12H,5,8-11,13H2,1-3H3. The molecule has 3 rings (SSSR count). The third kappa shape index (κ3) is 4.52. The van der Waals surface area contributed by atoms with E-state index >= 15 is 0 Å². The van der Waals surface area contributed by atoms with Crippen molar-refractivity contribution >= 4 is 20.0 Å². The number of hydrogen-bond donors (Lipinski definition) is 0. The van der Waals surface area contributed by atoms with E-state index in [4.69, 9.17) is 0 Å². The van der Waals surface area contributed by atoms with Crippen LogP contribution < -0.4 is 0 Å². The van der Waals surface area contributed by atoms with Crippen LogP contribution in [-0.4, -0.2) is 61.4 Å². The fraction of sp³-hybridized carbons (Fsp3) is 0.500. The van der Waals surface area contributed by atoms with Gasteiger partial charge < -0.3 is 0 Å². The van der Waals surface area contributed by atoms with E-state index in [1.165, 1.54) is 31.5 Å². The molecule has 0 atom stereocenters. The summed E-state index contributed by atoms with van der Waals surface area (Å²) in [6, 6.07) is 5.48. The Morgan fingerprint density at radius 1 is 1.03 bits per heavy atom. The van der Waals surface area contributed by atoms with Gasteiger partial charge in [-0.3, -0.25) is 4.68 Å². The quantitative estimate of drug-likeness (QED) is 0.695. The molecule has 0 unspecified atom stereocenters. The predicted molar refractivity (Wildman–Crippen MR) is 107 cm³/mol. The average Bonchev–Trinajstić information content (AvgIpc) is 2.80. The molecule has 0 bridgehead atoms. The van der Waals surface area contributed by atoms with Crippen LogP contribution in [0.2, 0.25) is 0 Å². The predicted octanol–water partition coefficient (Wildman–Crippen LogP) is 1.40. The summed E-state index contributed by atoms with van der Waals surface area (Å²) in [4.78, 5) is 0.177. The van der Waals surface area contributed by atoms with Crippen molar-refractivity contribution in [3.63, 3.8) is 0 Å². The van der Waals surface area contributed by atoms with Crippen LogP contribution >= 0.6 is 0 Å². The summed E-state index contributed by atoms with van der Waals surface area (Å²) >= 11 is 0. The van der Waals surface area contributed by atoms with Crippen LogP contribution in [0.5, 0.6) is 0 Å². The molecule has 1 fully saturated rings. The lowest BCUT2D eigenvalue weighted by Crippen LogP contribution is -2.38. The van der Waals surface area contributed by atoms with Crippen molar-refractivity contribution in [2.24, 2.45) is 7.05 Å². The van der Waals surface area contributed by atoms with Crippen LogP contribution in [0.25, 0.3) is 0 Å². The monoisotopic (exact) mass is 444 g/mol. The number of nitrogens with zero attached hydrogens (tertiary/aromatic N) is 4. The van der Waals surface area contributed by atoms with Crippen LogP contribution in [0.1, 0.15) is 23.4 Å². The van der Waals surface area contributed by atoms with E-state index in [1.54, 1.807) is 27.0 Å². The zero-order valence-electron chi connectivity index (χ0n) is 16.7. The maximum atomic E-state index is 13.4. The molecule has 0 spiro atoms. The van der Waals surface area contributed by atoms with Gasteiger partial charge in [0.1, 0.15) is 10.7 Å². The van der Waals surface area contributed by atoms with Crippen molar-refractivity contribution in [3.8, 4) is 0 Å². The third-order valence-electron chi connectivity index (χ3n) is 5.09. The first-order valence-corrected chi connectivity index (χ1v) is 12.3. The minimum Gasteiger partial charge on any atom is -0.271 e. The van der Waals surface area contributed by atoms with Crippen molar-refractivity contribution in [2.45, 2.75) is 30.9 Å². The average molecular weight is 445 g/mol. The minimum atomic E-state index is -3.78. The van der Waals surface area contributed by atoms with E-state index in [2.05, 4.69) is 5.10 Å². The van der Waals surface area contributed by atoms with Crippen molar-refractivity contribution in [1.82, 2.24) is 18.4 Å². The van der Waals surface area contributed by atoms with Gasteiger partial charge in [-0.1, -0.05) is 12.1 Å². The number of benzene rings is 1. The second-order valence-electron chi connectivity index (χ2n) is 7.17. The molecule has 1 saturated heterocycles. The molecule has 2 aromatic rings. The summed E-state index contributed by atoms with van der Waals surface area (Å²) in [6.07, 6.45) is 0.375. The van der Waals surface area contributed by atoms with Crippen LogP contribution in [0.3, 0.4) is 0 Å². The first kappa shape index (κ1) is 21.9. The van der Waals surface area contributed by atoms with E-state index in [0.717, 1.165) is 0 Å². The van der Waals surface area contributed by atoms with E-state index in [1.807, 2.05) is 0 Å². The molecule has 29 heavy (non-hydrogen) atoms. The molecule has 2 heterocycles.